The number of guanidine groups is 1. The van der Waals surface area contributed by atoms with Crippen molar-refractivity contribution < 1.29 is 14.5 Å². The van der Waals surface area contributed by atoms with Gasteiger partial charge in [0.1, 0.15) is 5.60 Å². The number of hydrogen-bond donors (Lipinski definition) is 2. The number of rotatable bonds is 4. The van der Waals surface area contributed by atoms with Crippen LogP contribution in [0.15, 0.2) is 29.3 Å². The first kappa shape index (κ1) is 19.5. The van der Waals surface area contributed by atoms with E-state index in [1.807, 2.05) is 20.8 Å². The Morgan fingerprint density at radius 2 is 2.12 bits per heavy atom. The molecule has 9 heteroatoms. The zero-order chi connectivity index (χ0) is 19.3. The summed E-state index contributed by atoms with van der Waals surface area (Å²) in [5.74, 6) is 0.574. The van der Waals surface area contributed by atoms with Gasteiger partial charge in [-0.3, -0.25) is 15.1 Å². The molecule has 1 saturated heterocycles. The van der Waals surface area contributed by atoms with Crippen molar-refractivity contribution in [2.45, 2.75) is 39.0 Å². The first-order valence-corrected chi connectivity index (χ1v) is 8.36. The van der Waals surface area contributed by atoms with Gasteiger partial charge < -0.3 is 20.3 Å². The molecule has 0 aromatic heterocycles. The summed E-state index contributed by atoms with van der Waals surface area (Å²) >= 11 is 0. The van der Waals surface area contributed by atoms with E-state index in [1.165, 1.54) is 12.1 Å². The summed E-state index contributed by atoms with van der Waals surface area (Å²) in [5.41, 5.74) is 0.330. The Hall–Kier alpha value is -2.84. The van der Waals surface area contributed by atoms with Gasteiger partial charge in [-0.1, -0.05) is 12.1 Å². The second-order valence-corrected chi connectivity index (χ2v) is 7.08. The highest BCUT2D eigenvalue weighted by molar-refractivity contribution is 5.80. The van der Waals surface area contributed by atoms with E-state index in [1.54, 1.807) is 24.1 Å². The zero-order valence-corrected chi connectivity index (χ0v) is 15.5. The minimum Gasteiger partial charge on any atom is -0.444 e. The van der Waals surface area contributed by atoms with Gasteiger partial charge in [0, 0.05) is 38.8 Å². The molecule has 1 fully saturated rings. The Balaban J connectivity index is 1.78. The van der Waals surface area contributed by atoms with Crippen molar-refractivity contribution in [1.29, 1.82) is 0 Å². The second kappa shape index (κ2) is 8.03. The summed E-state index contributed by atoms with van der Waals surface area (Å²) in [6.45, 7) is 6.98. The van der Waals surface area contributed by atoms with Crippen LogP contribution in [0.5, 0.6) is 0 Å². The SMILES string of the molecule is CN=C(NCc1cccc([N+](=O)[O-])c1)NC1CN(C(=O)OC(C)(C)C)C1. The topological polar surface area (TPSA) is 109 Å². The Kier molecular flexibility index (Phi) is 6.01. The summed E-state index contributed by atoms with van der Waals surface area (Å²) in [4.78, 5) is 28.1. The van der Waals surface area contributed by atoms with Crippen molar-refractivity contribution in [2.75, 3.05) is 20.1 Å². The van der Waals surface area contributed by atoms with E-state index in [4.69, 9.17) is 4.74 Å². The van der Waals surface area contributed by atoms with Crippen molar-refractivity contribution in [1.82, 2.24) is 15.5 Å². The highest BCUT2D eigenvalue weighted by Gasteiger charge is 2.34. The maximum Gasteiger partial charge on any atom is 0.410 e. The number of ether oxygens (including phenoxy) is 1. The number of nitro benzene ring substituents is 1. The Morgan fingerprint density at radius 1 is 1.42 bits per heavy atom. The molecular weight excluding hydrogens is 338 g/mol. The van der Waals surface area contributed by atoms with Gasteiger partial charge in [0.2, 0.25) is 0 Å². The zero-order valence-electron chi connectivity index (χ0n) is 15.5. The lowest BCUT2D eigenvalue weighted by molar-refractivity contribution is -0.384. The Morgan fingerprint density at radius 3 is 2.69 bits per heavy atom. The first-order valence-electron chi connectivity index (χ1n) is 8.36. The van der Waals surface area contributed by atoms with Crippen molar-refractivity contribution in [2.24, 2.45) is 4.99 Å². The summed E-state index contributed by atoms with van der Waals surface area (Å²) in [6.07, 6.45) is -0.324. The molecule has 1 aliphatic rings. The van der Waals surface area contributed by atoms with Gasteiger partial charge in [0.25, 0.3) is 5.69 Å². The van der Waals surface area contributed by atoms with E-state index in [9.17, 15) is 14.9 Å². The van der Waals surface area contributed by atoms with Crippen LogP contribution >= 0.6 is 0 Å². The molecule has 1 aromatic rings. The van der Waals surface area contributed by atoms with Gasteiger partial charge >= 0.3 is 6.09 Å². The highest BCUT2D eigenvalue weighted by Crippen LogP contribution is 2.15. The van der Waals surface area contributed by atoms with Crippen molar-refractivity contribution in [3.63, 3.8) is 0 Å². The fourth-order valence-electron chi connectivity index (χ4n) is 2.40. The van der Waals surface area contributed by atoms with E-state index in [0.29, 0.717) is 25.6 Å². The van der Waals surface area contributed by atoms with Crippen LogP contribution in [0.2, 0.25) is 0 Å². The molecule has 2 rings (SSSR count). The number of non-ortho nitro benzene ring substituents is 1. The number of likely N-dealkylation sites (tertiary alicyclic amines) is 1. The molecule has 0 aliphatic carbocycles. The predicted molar refractivity (Wildman–Crippen MR) is 98.0 cm³/mol. The van der Waals surface area contributed by atoms with Crippen LogP contribution in [0.1, 0.15) is 26.3 Å². The fourth-order valence-corrected chi connectivity index (χ4v) is 2.40. The summed E-state index contributed by atoms with van der Waals surface area (Å²) in [5, 5.41) is 17.1. The number of nitro groups is 1. The van der Waals surface area contributed by atoms with E-state index < -0.39 is 10.5 Å². The quantitative estimate of drug-likeness (QED) is 0.366. The average Bonchev–Trinajstić information content (AvgIpc) is 2.51. The summed E-state index contributed by atoms with van der Waals surface area (Å²) in [6, 6.07) is 6.51. The molecular formula is C17H25N5O4. The fraction of sp³-hybridized carbons (Fsp3) is 0.529. The van der Waals surface area contributed by atoms with Crippen LogP contribution < -0.4 is 10.6 Å². The molecule has 0 atom stereocenters. The van der Waals surface area contributed by atoms with Gasteiger partial charge in [0.05, 0.1) is 11.0 Å². The number of hydrogen-bond acceptors (Lipinski definition) is 5. The highest BCUT2D eigenvalue weighted by atomic mass is 16.6. The molecule has 26 heavy (non-hydrogen) atoms. The minimum atomic E-state index is -0.508. The Bertz CT molecular complexity index is 693. The predicted octanol–water partition coefficient (Wildman–Crippen LogP) is 1.88. The van der Waals surface area contributed by atoms with Crippen LogP contribution in [-0.4, -0.2) is 53.7 Å². The maximum absolute atomic E-state index is 11.9. The Labute approximate surface area is 152 Å². The number of nitrogens with one attached hydrogen (secondary N) is 2. The van der Waals surface area contributed by atoms with Gasteiger partial charge in [0.15, 0.2) is 5.96 Å². The van der Waals surface area contributed by atoms with Gasteiger partial charge in [-0.05, 0) is 26.3 Å². The van der Waals surface area contributed by atoms with E-state index in [2.05, 4.69) is 15.6 Å². The van der Waals surface area contributed by atoms with Crippen molar-refractivity contribution in [3.8, 4) is 0 Å². The largest absolute Gasteiger partial charge is 0.444 e. The van der Waals surface area contributed by atoms with Crippen molar-refractivity contribution >= 4 is 17.7 Å². The molecule has 1 aliphatic heterocycles. The summed E-state index contributed by atoms with van der Waals surface area (Å²) in [7, 11) is 1.65. The number of aliphatic imine (C=N–C) groups is 1. The van der Waals surface area contributed by atoms with Crippen LogP contribution in [0.4, 0.5) is 10.5 Å². The van der Waals surface area contributed by atoms with Gasteiger partial charge in [-0.25, -0.2) is 4.79 Å². The lowest BCUT2D eigenvalue weighted by Crippen LogP contribution is -2.63. The smallest absolute Gasteiger partial charge is 0.410 e. The number of benzene rings is 1. The number of carbonyl (C=O) groups is 1. The number of carbonyl (C=O) groups excluding carboxylic acids is 1. The molecule has 1 aromatic carbocycles. The normalized spacial score (nSPS) is 15.2. The lowest BCUT2D eigenvalue weighted by atomic mass is 10.1. The van der Waals surface area contributed by atoms with Crippen LogP contribution in [0.25, 0.3) is 0 Å². The third-order valence-electron chi connectivity index (χ3n) is 3.68. The van der Waals surface area contributed by atoms with Crippen LogP contribution in [0.3, 0.4) is 0 Å². The molecule has 0 saturated carbocycles. The van der Waals surface area contributed by atoms with Gasteiger partial charge in [-0.2, -0.15) is 0 Å². The number of nitrogens with zero attached hydrogens (tertiary/aromatic N) is 3. The van der Waals surface area contributed by atoms with Crippen LogP contribution in [-0.2, 0) is 11.3 Å². The monoisotopic (exact) mass is 363 g/mol. The molecule has 0 radical (unpaired) electrons. The maximum atomic E-state index is 11.9. The first-order chi connectivity index (χ1) is 12.2. The number of amides is 1. The molecule has 1 heterocycles. The standard InChI is InChI=1S/C17H25N5O4/c1-17(2,3)26-16(23)21-10-13(11-21)20-15(18-4)19-9-12-6-5-7-14(8-12)22(24)25/h5-8,13H,9-11H2,1-4H3,(H2,18,19,20). The molecule has 0 unspecified atom stereocenters. The lowest BCUT2D eigenvalue weighted by Gasteiger charge is -2.40. The molecule has 9 nitrogen and oxygen atoms in total. The van der Waals surface area contributed by atoms with Crippen molar-refractivity contribution in [3.05, 3.63) is 39.9 Å². The molecule has 142 valence electrons. The molecule has 2 N–H and O–H groups in total. The van der Waals surface area contributed by atoms with E-state index >= 15 is 0 Å². The third kappa shape index (κ3) is 5.61. The third-order valence-corrected chi connectivity index (χ3v) is 3.68. The van der Waals surface area contributed by atoms with Gasteiger partial charge in [-0.15, -0.1) is 0 Å². The minimum absolute atomic E-state index is 0.0549. The van der Waals surface area contributed by atoms with Crippen LogP contribution in [0, 0.1) is 10.1 Å². The average molecular weight is 363 g/mol. The van der Waals surface area contributed by atoms with E-state index in [0.717, 1.165) is 5.56 Å². The second-order valence-electron chi connectivity index (χ2n) is 7.08. The molecule has 0 bridgehead atoms. The molecule has 0 spiro atoms. The molecule has 1 amide bonds. The van der Waals surface area contributed by atoms with E-state index in [-0.39, 0.29) is 17.8 Å². The summed E-state index contributed by atoms with van der Waals surface area (Å²) < 4.78 is 5.32.